The van der Waals surface area contributed by atoms with E-state index >= 15 is 0 Å². The van der Waals surface area contributed by atoms with Crippen LogP contribution in [0.5, 0.6) is 0 Å². The van der Waals surface area contributed by atoms with Gasteiger partial charge >= 0.3 is 0 Å². The Bertz CT molecular complexity index is 422. The van der Waals surface area contributed by atoms with Crippen molar-refractivity contribution in [2.45, 2.75) is 52.0 Å². The van der Waals surface area contributed by atoms with Crippen molar-refractivity contribution in [1.29, 1.82) is 0 Å². The van der Waals surface area contributed by atoms with Crippen molar-refractivity contribution in [1.82, 2.24) is 9.88 Å². The molecule has 1 aromatic rings. The van der Waals surface area contributed by atoms with Crippen LogP contribution in [-0.4, -0.2) is 17.0 Å². The number of halogens is 1. The highest BCUT2D eigenvalue weighted by molar-refractivity contribution is 9.10. The standard InChI is InChI=1S/C15H23BrN2O/c1-2-18-11-13(16)10-14(18)15(19)17-9-5-8-12-6-3-4-7-12/h10-12H,2-9H2,1H3,(H,17,19). The van der Waals surface area contributed by atoms with Gasteiger partial charge in [-0.1, -0.05) is 25.7 Å². The third kappa shape index (κ3) is 4.10. The van der Waals surface area contributed by atoms with Crippen LogP contribution in [0.25, 0.3) is 0 Å². The Labute approximate surface area is 123 Å². The average molecular weight is 327 g/mol. The lowest BCUT2D eigenvalue weighted by Crippen LogP contribution is -2.26. The van der Waals surface area contributed by atoms with Gasteiger partial charge in [-0.15, -0.1) is 0 Å². The molecule has 0 unspecified atom stereocenters. The molecule has 4 heteroatoms. The fourth-order valence-electron chi connectivity index (χ4n) is 2.91. The van der Waals surface area contributed by atoms with Gasteiger partial charge in [0.1, 0.15) is 5.69 Å². The molecule has 0 aromatic carbocycles. The summed E-state index contributed by atoms with van der Waals surface area (Å²) in [6.45, 7) is 3.65. The van der Waals surface area contributed by atoms with E-state index in [1.54, 1.807) is 0 Å². The molecule has 0 aliphatic heterocycles. The molecule has 1 saturated carbocycles. The second kappa shape index (κ2) is 7.13. The van der Waals surface area contributed by atoms with Gasteiger partial charge in [0, 0.05) is 23.8 Å². The molecule has 1 aliphatic carbocycles. The first-order chi connectivity index (χ1) is 9.20. The third-order valence-electron chi connectivity index (χ3n) is 3.99. The van der Waals surface area contributed by atoms with Gasteiger partial charge in [0.05, 0.1) is 0 Å². The van der Waals surface area contributed by atoms with Gasteiger partial charge in [-0.25, -0.2) is 0 Å². The van der Waals surface area contributed by atoms with Crippen LogP contribution in [0, 0.1) is 5.92 Å². The number of nitrogens with zero attached hydrogens (tertiary/aromatic N) is 1. The average Bonchev–Trinajstić information content (AvgIpc) is 3.03. The monoisotopic (exact) mass is 326 g/mol. The van der Waals surface area contributed by atoms with Crippen LogP contribution in [0.3, 0.4) is 0 Å². The zero-order chi connectivity index (χ0) is 13.7. The minimum atomic E-state index is 0.0407. The smallest absolute Gasteiger partial charge is 0.267 e. The summed E-state index contributed by atoms with van der Waals surface area (Å²) in [5, 5.41) is 3.03. The second-order valence-corrected chi connectivity index (χ2v) is 6.29. The molecule has 2 rings (SSSR count). The molecule has 1 aliphatic rings. The Morgan fingerprint density at radius 3 is 2.89 bits per heavy atom. The van der Waals surface area contributed by atoms with Gasteiger partial charge in [0.25, 0.3) is 5.91 Å². The van der Waals surface area contributed by atoms with Crippen molar-refractivity contribution < 1.29 is 4.79 Å². The number of aromatic nitrogens is 1. The molecule has 0 saturated heterocycles. The van der Waals surface area contributed by atoms with Gasteiger partial charge in [0.2, 0.25) is 0 Å². The Kier molecular flexibility index (Phi) is 5.49. The highest BCUT2D eigenvalue weighted by Gasteiger charge is 2.15. The predicted octanol–water partition coefficient (Wildman–Crippen LogP) is 3.97. The maximum atomic E-state index is 12.1. The lowest BCUT2D eigenvalue weighted by molar-refractivity contribution is 0.0943. The van der Waals surface area contributed by atoms with Crippen molar-refractivity contribution in [3.8, 4) is 0 Å². The van der Waals surface area contributed by atoms with E-state index in [0.29, 0.717) is 0 Å². The predicted molar refractivity (Wildman–Crippen MR) is 81.3 cm³/mol. The Hall–Kier alpha value is -0.770. The van der Waals surface area contributed by atoms with Crippen LogP contribution >= 0.6 is 15.9 Å². The maximum absolute atomic E-state index is 12.1. The largest absolute Gasteiger partial charge is 0.351 e. The van der Waals surface area contributed by atoms with Crippen molar-refractivity contribution in [3.63, 3.8) is 0 Å². The van der Waals surface area contributed by atoms with E-state index < -0.39 is 0 Å². The zero-order valence-corrected chi connectivity index (χ0v) is 13.2. The minimum Gasteiger partial charge on any atom is -0.351 e. The molecule has 0 atom stereocenters. The molecule has 19 heavy (non-hydrogen) atoms. The highest BCUT2D eigenvalue weighted by Crippen LogP contribution is 2.28. The van der Waals surface area contributed by atoms with E-state index in [4.69, 9.17) is 0 Å². The summed E-state index contributed by atoms with van der Waals surface area (Å²) in [5.41, 5.74) is 0.746. The number of rotatable bonds is 6. The first kappa shape index (κ1) is 14.6. The van der Waals surface area contributed by atoms with Crippen LogP contribution in [0.4, 0.5) is 0 Å². The van der Waals surface area contributed by atoms with Gasteiger partial charge in [0.15, 0.2) is 0 Å². The Balaban J connectivity index is 1.74. The molecule has 1 fully saturated rings. The van der Waals surface area contributed by atoms with E-state index in [-0.39, 0.29) is 5.91 Å². The molecule has 106 valence electrons. The quantitative estimate of drug-likeness (QED) is 0.788. The second-order valence-electron chi connectivity index (χ2n) is 5.38. The summed E-state index contributed by atoms with van der Waals surface area (Å²) < 4.78 is 2.93. The number of carbonyl (C=O) groups is 1. The molecule has 0 spiro atoms. The molecule has 0 radical (unpaired) electrons. The van der Waals surface area contributed by atoms with Crippen molar-refractivity contribution >= 4 is 21.8 Å². The summed E-state index contributed by atoms with van der Waals surface area (Å²) in [7, 11) is 0. The summed E-state index contributed by atoms with van der Waals surface area (Å²) >= 11 is 3.42. The fraction of sp³-hybridized carbons (Fsp3) is 0.667. The van der Waals surface area contributed by atoms with Crippen LogP contribution in [-0.2, 0) is 6.54 Å². The number of amides is 1. The number of hydrogen-bond acceptors (Lipinski definition) is 1. The number of nitrogens with one attached hydrogen (secondary N) is 1. The molecule has 1 heterocycles. The van der Waals surface area contributed by atoms with Gasteiger partial charge in [-0.05, 0) is 47.7 Å². The van der Waals surface area contributed by atoms with Crippen molar-refractivity contribution in [2.75, 3.05) is 6.54 Å². The van der Waals surface area contributed by atoms with Gasteiger partial charge in [-0.2, -0.15) is 0 Å². The summed E-state index contributed by atoms with van der Waals surface area (Å²) in [6, 6.07) is 1.88. The molecule has 1 aromatic heterocycles. The summed E-state index contributed by atoms with van der Waals surface area (Å²) in [6.07, 6.45) is 9.89. The van der Waals surface area contributed by atoms with E-state index in [2.05, 4.69) is 21.2 Å². The van der Waals surface area contributed by atoms with Crippen LogP contribution in [0.2, 0.25) is 0 Å². The first-order valence-electron chi connectivity index (χ1n) is 7.34. The number of aryl methyl sites for hydroxylation is 1. The fourth-order valence-corrected chi connectivity index (χ4v) is 3.37. The van der Waals surface area contributed by atoms with Crippen LogP contribution in [0.1, 0.15) is 55.9 Å². The van der Waals surface area contributed by atoms with E-state index in [0.717, 1.165) is 35.6 Å². The molecule has 3 nitrogen and oxygen atoms in total. The summed E-state index contributed by atoms with van der Waals surface area (Å²) in [4.78, 5) is 12.1. The zero-order valence-electron chi connectivity index (χ0n) is 11.6. The van der Waals surface area contributed by atoms with Gasteiger partial charge in [-0.3, -0.25) is 4.79 Å². The van der Waals surface area contributed by atoms with Crippen molar-refractivity contribution in [2.24, 2.45) is 5.92 Å². The normalized spacial score (nSPS) is 15.9. The maximum Gasteiger partial charge on any atom is 0.267 e. The molecular formula is C15H23BrN2O. The topological polar surface area (TPSA) is 34.0 Å². The van der Waals surface area contributed by atoms with Crippen LogP contribution < -0.4 is 5.32 Å². The third-order valence-corrected chi connectivity index (χ3v) is 4.42. The lowest BCUT2D eigenvalue weighted by Gasteiger charge is -2.10. The summed E-state index contributed by atoms with van der Waals surface area (Å²) in [5.74, 6) is 0.949. The van der Waals surface area contributed by atoms with E-state index in [9.17, 15) is 4.79 Å². The van der Waals surface area contributed by atoms with Crippen LogP contribution in [0.15, 0.2) is 16.7 Å². The van der Waals surface area contributed by atoms with E-state index in [1.807, 2.05) is 23.8 Å². The lowest BCUT2D eigenvalue weighted by atomic mass is 10.0. The minimum absolute atomic E-state index is 0.0407. The molecule has 1 amide bonds. The molecule has 0 bridgehead atoms. The van der Waals surface area contributed by atoms with E-state index in [1.165, 1.54) is 32.1 Å². The molecular weight excluding hydrogens is 304 g/mol. The Morgan fingerprint density at radius 2 is 2.21 bits per heavy atom. The molecule has 1 N–H and O–H groups in total. The van der Waals surface area contributed by atoms with Gasteiger partial charge < -0.3 is 9.88 Å². The SMILES string of the molecule is CCn1cc(Br)cc1C(=O)NCCCC1CCCC1. The Morgan fingerprint density at radius 1 is 1.47 bits per heavy atom. The number of carbonyl (C=O) groups excluding carboxylic acids is 1. The highest BCUT2D eigenvalue weighted by atomic mass is 79.9. The van der Waals surface area contributed by atoms with Crippen molar-refractivity contribution in [3.05, 3.63) is 22.4 Å². The first-order valence-corrected chi connectivity index (χ1v) is 8.14. The number of hydrogen-bond donors (Lipinski definition) is 1.